The lowest BCUT2D eigenvalue weighted by atomic mass is 9.96. The first-order valence-electron chi connectivity index (χ1n) is 12.0. The summed E-state index contributed by atoms with van der Waals surface area (Å²) in [5.41, 5.74) is 1.84. The van der Waals surface area contributed by atoms with Crippen molar-refractivity contribution >= 4 is 33.4 Å². The first kappa shape index (κ1) is 26.0. The number of hydrogen-bond donors (Lipinski definition) is 2. The van der Waals surface area contributed by atoms with Crippen molar-refractivity contribution in [2.24, 2.45) is 5.92 Å². The number of anilines is 1. The van der Waals surface area contributed by atoms with Crippen LogP contribution in [0.3, 0.4) is 0 Å². The van der Waals surface area contributed by atoms with Gasteiger partial charge >= 0.3 is 0 Å². The number of benzene rings is 2. The largest absolute Gasteiger partial charge is 0.385 e. The van der Waals surface area contributed by atoms with Crippen LogP contribution in [0.4, 0.5) is 5.69 Å². The zero-order valence-electron chi connectivity index (χ0n) is 20.2. The highest BCUT2D eigenvalue weighted by atomic mass is 79.9. The molecule has 1 fully saturated rings. The van der Waals surface area contributed by atoms with E-state index in [1.54, 1.807) is 25.3 Å². The van der Waals surface area contributed by atoms with E-state index < -0.39 is 0 Å². The Labute approximate surface area is 218 Å². The maximum absolute atomic E-state index is 13.1. The molecular formula is C26H30BrN5O4. The number of carbonyl (C=O) groups is 2. The van der Waals surface area contributed by atoms with Gasteiger partial charge in [-0.2, -0.15) is 4.98 Å². The van der Waals surface area contributed by atoms with Crippen molar-refractivity contribution in [3.05, 3.63) is 64.5 Å². The van der Waals surface area contributed by atoms with Crippen LogP contribution in [0.25, 0.3) is 11.4 Å². The third-order valence-corrected chi connectivity index (χ3v) is 6.57. The highest BCUT2D eigenvalue weighted by molar-refractivity contribution is 9.10. The maximum atomic E-state index is 13.1. The fourth-order valence-corrected chi connectivity index (χ4v) is 4.44. The van der Waals surface area contributed by atoms with Gasteiger partial charge in [0.05, 0.1) is 23.7 Å². The Morgan fingerprint density at radius 1 is 1.19 bits per heavy atom. The van der Waals surface area contributed by atoms with Crippen molar-refractivity contribution in [1.29, 1.82) is 0 Å². The second kappa shape index (κ2) is 12.8. The average Bonchev–Trinajstić information content (AvgIpc) is 3.36. The van der Waals surface area contributed by atoms with Crippen LogP contribution in [0, 0.1) is 5.92 Å². The lowest BCUT2D eigenvalue weighted by molar-refractivity contribution is -0.121. The highest BCUT2D eigenvalue weighted by Crippen LogP contribution is 2.23. The first-order chi connectivity index (χ1) is 17.5. The van der Waals surface area contributed by atoms with Gasteiger partial charge in [0.15, 0.2) is 0 Å². The van der Waals surface area contributed by atoms with E-state index in [1.807, 2.05) is 30.3 Å². The van der Waals surface area contributed by atoms with Crippen LogP contribution in [0.5, 0.6) is 0 Å². The molecule has 1 aliphatic heterocycles. The predicted octanol–water partition coefficient (Wildman–Crippen LogP) is 4.12. The smallest absolute Gasteiger partial charge is 0.253 e. The van der Waals surface area contributed by atoms with Crippen molar-refractivity contribution < 1.29 is 18.8 Å². The number of piperidine rings is 1. The quantitative estimate of drug-likeness (QED) is 0.362. The summed E-state index contributed by atoms with van der Waals surface area (Å²) in [4.78, 5) is 32.4. The van der Waals surface area contributed by atoms with Gasteiger partial charge < -0.3 is 19.9 Å². The summed E-state index contributed by atoms with van der Waals surface area (Å²) in [6, 6.07) is 14.8. The van der Waals surface area contributed by atoms with Crippen molar-refractivity contribution in [2.75, 3.05) is 38.7 Å². The van der Waals surface area contributed by atoms with Crippen LogP contribution in [-0.4, -0.2) is 60.2 Å². The molecule has 2 aromatic carbocycles. The lowest BCUT2D eigenvalue weighted by Gasteiger charge is -2.31. The summed E-state index contributed by atoms with van der Waals surface area (Å²) in [7, 11) is 1.63. The second-order valence-electron chi connectivity index (χ2n) is 8.73. The Balaban J connectivity index is 1.34. The number of aromatic nitrogens is 2. The summed E-state index contributed by atoms with van der Waals surface area (Å²) >= 11 is 3.43. The van der Waals surface area contributed by atoms with Gasteiger partial charge in [0.2, 0.25) is 17.6 Å². The van der Waals surface area contributed by atoms with Gasteiger partial charge in [-0.05, 0) is 62.2 Å². The van der Waals surface area contributed by atoms with Crippen LogP contribution in [0.1, 0.15) is 35.5 Å². The number of hydrogen-bond acceptors (Lipinski definition) is 7. The number of rotatable bonds is 10. The van der Waals surface area contributed by atoms with Crippen molar-refractivity contribution in [3.8, 4) is 11.4 Å². The van der Waals surface area contributed by atoms with E-state index in [9.17, 15) is 9.59 Å². The molecule has 0 radical (unpaired) electrons. The molecule has 0 bridgehead atoms. The zero-order chi connectivity index (χ0) is 25.3. The molecule has 0 spiro atoms. The number of ether oxygens (including phenoxy) is 1. The summed E-state index contributed by atoms with van der Waals surface area (Å²) in [6.07, 6.45) is 2.38. The van der Waals surface area contributed by atoms with E-state index in [0.29, 0.717) is 49.2 Å². The third-order valence-electron chi connectivity index (χ3n) is 6.05. The Hall–Kier alpha value is -3.08. The minimum atomic E-state index is -0.217. The molecule has 3 aromatic rings. The number of likely N-dealkylation sites (tertiary alicyclic amines) is 1. The number of carbonyl (C=O) groups excluding carboxylic acids is 2. The number of halogens is 1. The topological polar surface area (TPSA) is 110 Å². The van der Waals surface area contributed by atoms with Crippen molar-refractivity contribution in [3.63, 3.8) is 0 Å². The maximum Gasteiger partial charge on any atom is 0.253 e. The van der Waals surface area contributed by atoms with Gasteiger partial charge in [0, 0.05) is 36.8 Å². The van der Waals surface area contributed by atoms with E-state index >= 15 is 0 Å². The third kappa shape index (κ3) is 6.99. The molecule has 1 unspecified atom stereocenters. The summed E-state index contributed by atoms with van der Waals surface area (Å²) < 4.78 is 11.5. The molecule has 0 aliphatic carbocycles. The molecule has 36 heavy (non-hydrogen) atoms. The minimum absolute atomic E-state index is 0.0968. The molecule has 1 atom stereocenters. The Morgan fingerprint density at radius 2 is 2.00 bits per heavy atom. The predicted molar refractivity (Wildman–Crippen MR) is 139 cm³/mol. The van der Waals surface area contributed by atoms with E-state index in [1.165, 1.54) is 0 Å². The second-order valence-corrected chi connectivity index (χ2v) is 9.65. The number of nitrogens with zero attached hydrogens (tertiary/aromatic N) is 3. The van der Waals surface area contributed by atoms with E-state index in [4.69, 9.17) is 9.26 Å². The molecular weight excluding hydrogens is 526 g/mol. The highest BCUT2D eigenvalue weighted by Gasteiger charge is 2.28. The molecule has 1 aliphatic rings. The summed E-state index contributed by atoms with van der Waals surface area (Å²) in [6.45, 7) is 2.99. The molecule has 190 valence electrons. The fourth-order valence-electron chi connectivity index (χ4n) is 4.18. The number of para-hydroxylation sites is 1. The average molecular weight is 556 g/mol. The molecule has 0 saturated carbocycles. The van der Waals surface area contributed by atoms with Crippen LogP contribution < -0.4 is 10.6 Å². The van der Waals surface area contributed by atoms with Gasteiger partial charge in [0.1, 0.15) is 0 Å². The van der Waals surface area contributed by atoms with Crippen molar-refractivity contribution in [1.82, 2.24) is 20.4 Å². The molecule has 2 heterocycles. The molecule has 2 amide bonds. The molecule has 9 nitrogen and oxygen atoms in total. The first-order valence-corrected chi connectivity index (χ1v) is 12.8. The normalized spacial score (nSPS) is 16.0. The molecule has 10 heteroatoms. The summed E-state index contributed by atoms with van der Waals surface area (Å²) in [5, 5.41) is 9.94. The van der Waals surface area contributed by atoms with Crippen LogP contribution in [0.15, 0.2) is 57.5 Å². The van der Waals surface area contributed by atoms with Crippen molar-refractivity contribution in [2.45, 2.75) is 25.8 Å². The van der Waals surface area contributed by atoms with Crippen LogP contribution in [0.2, 0.25) is 0 Å². The molecule has 2 N–H and O–H groups in total. The van der Waals surface area contributed by atoms with Gasteiger partial charge in [-0.1, -0.05) is 33.2 Å². The van der Waals surface area contributed by atoms with E-state index in [0.717, 1.165) is 35.8 Å². The standard InChI is InChI=1S/C26H30BrN5O4/c1-35-15-5-13-28-26(34)21-7-2-3-8-22(21)29-25(33)19-6-4-14-32(16-19)17-23-30-24(31-36-23)18-9-11-20(27)12-10-18/h2-3,7-12,19H,4-6,13-17H2,1H3,(H,28,34)(H,29,33). The van der Waals surface area contributed by atoms with Gasteiger partial charge in [-0.25, -0.2) is 0 Å². The lowest BCUT2D eigenvalue weighted by Crippen LogP contribution is -2.40. The zero-order valence-corrected chi connectivity index (χ0v) is 21.8. The van der Waals surface area contributed by atoms with Crippen LogP contribution >= 0.6 is 15.9 Å². The number of amides is 2. The van der Waals surface area contributed by atoms with Gasteiger partial charge in [-0.15, -0.1) is 0 Å². The molecule has 1 aromatic heterocycles. The summed E-state index contributed by atoms with van der Waals surface area (Å²) in [5.74, 6) is 0.543. The minimum Gasteiger partial charge on any atom is -0.385 e. The molecule has 1 saturated heterocycles. The van der Waals surface area contributed by atoms with Gasteiger partial charge in [0.25, 0.3) is 5.91 Å². The number of methoxy groups -OCH3 is 1. The van der Waals surface area contributed by atoms with Gasteiger partial charge in [-0.3, -0.25) is 14.5 Å². The monoisotopic (exact) mass is 555 g/mol. The number of nitrogens with one attached hydrogen (secondary N) is 2. The van der Waals surface area contributed by atoms with E-state index in [-0.39, 0.29) is 17.7 Å². The van der Waals surface area contributed by atoms with E-state index in [2.05, 4.69) is 41.6 Å². The SMILES string of the molecule is COCCCNC(=O)c1ccccc1NC(=O)C1CCCN(Cc2nc(-c3ccc(Br)cc3)no2)C1. The molecule has 4 rings (SSSR count). The Kier molecular flexibility index (Phi) is 9.21. The Bertz CT molecular complexity index is 1170. The van der Waals surface area contributed by atoms with Crippen LogP contribution in [-0.2, 0) is 16.1 Å². The fraction of sp³-hybridized carbons (Fsp3) is 0.385. The Morgan fingerprint density at radius 3 is 2.81 bits per heavy atom.